The summed E-state index contributed by atoms with van der Waals surface area (Å²) in [4.78, 5) is 23.9. The van der Waals surface area contributed by atoms with Gasteiger partial charge in [0.15, 0.2) is 0 Å². The number of nitrogens with one attached hydrogen (secondary N) is 2. The first-order valence-electron chi connectivity index (χ1n) is 11.6. The molecule has 1 heterocycles. The Hall–Kier alpha value is -2.79. The number of alkyl halides is 3. The third-order valence-corrected chi connectivity index (χ3v) is 6.65. The fraction of sp³-hybridized carbons (Fsp3) is 0.400. The summed E-state index contributed by atoms with van der Waals surface area (Å²) in [7, 11) is 3.90. The molecular weight excluding hydrogens is 575 g/mol. The number of anilines is 2. The molecule has 1 fully saturated rings. The number of hydrogen-bond donors (Lipinski definition) is 2. The van der Waals surface area contributed by atoms with Crippen molar-refractivity contribution in [3.63, 3.8) is 0 Å². The summed E-state index contributed by atoms with van der Waals surface area (Å²) in [6, 6.07) is 12.0. The van der Waals surface area contributed by atoms with Crippen LogP contribution in [-0.2, 0) is 0 Å². The second kappa shape index (κ2) is 12.2. The number of fused-ring (bicyclic) bond motifs is 1. The number of amides is 1. The van der Waals surface area contributed by atoms with Crippen molar-refractivity contribution in [1.82, 2.24) is 15.3 Å². The highest BCUT2D eigenvalue weighted by atomic mass is 79.9. The number of nitrogens with zero attached hydrogens (tertiary/aromatic N) is 3. The van der Waals surface area contributed by atoms with Crippen molar-refractivity contribution in [3.05, 3.63) is 52.5 Å². The molecule has 2 aromatic carbocycles. The molecule has 0 radical (unpaired) electrons. The Bertz CT molecular complexity index is 1240. The minimum Gasteiger partial charge on any atom is -0.405 e. The zero-order valence-corrected chi connectivity index (χ0v) is 22.7. The third-order valence-electron chi connectivity index (χ3n) is 6.15. The van der Waals surface area contributed by atoms with Gasteiger partial charge in [-0.3, -0.25) is 4.79 Å². The maximum atomic E-state index is 12.7. The van der Waals surface area contributed by atoms with E-state index in [-0.39, 0.29) is 29.9 Å². The van der Waals surface area contributed by atoms with Crippen molar-refractivity contribution in [2.45, 2.75) is 38.1 Å². The lowest BCUT2D eigenvalue weighted by Crippen LogP contribution is -2.34. The summed E-state index contributed by atoms with van der Waals surface area (Å²) in [5, 5.41) is 7.20. The highest BCUT2D eigenvalue weighted by molar-refractivity contribution is 9.10. The summed E-state index contributed by atoms with van der Waals surface area (Å²) in [5.74, 6) is 0.532. The molecule has 4 rings (SSSR count). The smallest absolute Gasteiger partial charge is 0.405 e. The molecule has 12 heteroatoms. The fourth-order valence-electron chi connectivity index (χ4n) is 4.38. The summed E-state index contributed by atoms with van der Waals surface area (Å²) in [6.07, 6.45) is -1.43. The van der Waals surface area contributed by atoms with Crippen molar-refractivity contribution in [2.75, 3.05) is 30.9 Å². The molecule has 0 aliphatic heterocycles. The van der Waals surface area contributed by atoms with Crippen LogP contribution in [-0.4, -0.2) is 48.9 Å². The highest BCUT2D eigenvalue weighted by Crippen LogP contribution is 2.31. The van der Waals surface area contributed by atoms with Crippen molar-refractivity contribution < 1.29 is 22.7 Å². The molecule has 1 saturated carbocycles. The molecule has 1 amide bonds. The lowest BCUT2D eigenvalue weighted by Gasteiger charge is -2.29. The van der Waals surface area contributed by atoms with Crippen molar-refractivity contribution in [1.29, 1.82) is 0 Å². The number of carbonyl (C=O) groups is 1. The summed E-state index contributed by atoms with van der Waals surface area (Å²) in [6.45, 7) is 0.379. The van der Waals surface area contributed by atoms with Crippen LogP contribution < -0.4 is 20.3 Å². The van der Waals surface area contributed by atoms with Gasteiger partial charge in [-0.15, -0.1) is 25.6 Å². The van der Waals surface area contributed by atoms with Gasteiger partial charge in [-0.1, -0.05) is 28.1 Å². The number of carbonyl (C=O) groups excluding carboxylic acids is 1. The largest absolute Gasteiger partial charge is 0.573 e. The monoisotopic (exact) mass is 601 g/mol. The average Bonchev–Trinajstić information content (AvgIpc) is 2.82. The van der Waals surface area contributed by atoms with Crippen LogP contribution in [0.3, 0.4) is 0 Å². The van der Waals surface area contributed by atoms with Gasteiger partial charge < -0.3 is 20.3 Å². The van der Waals surface area contributed by atoms with Crippen LogP contribution in [0.15, 0.2) is 46.9 Å². The standard InChI is InChI=1S/C25H27BrF3N5O2.ClH/c1-34(2)22-18-5-3-4-6-20(18)32-24(33-22)31-17-10-7-15(8-11-17)14-30-23(35)19-12-9-16(26)13-21(19)36-25(27,28)29;/h3-6,9,12-13,15,17H,7-8,10-11,14H2,1-2H3,(H,30,35)(H,31,32,33);1H. The molecule has 0 atom stereocenters. The predicted molar refractivity (Wildman–Crippen MR) is 144 cm³/mol. The second-order valence-electron chi connectivity index (χ2n) is 9.04. The van der Waals surface area contributed by atoms with E-state index in [2.05, 4.69) is 36.3 Å². The van der Waals surface area contributed by atoms with Gasteiger partial charge in [0.05, 0.1) is 11.1 Å². The third kappa shape index (κ3) is 7.61. The predicted octanol–water partition coefficient (Wildman–Crippen LogP) is 6.18. The molecular formula is C25H28BrClF3N5O2. The molecule has 37 heavy (non-hydrogen) atoms. The van der Waals surface area contributed by atoms with Crippen molar-refractivity contribution >= 4 is 56.9 Å². The lowest BCUT2D eigenvalue weighted by molar-refractivity contribution is -0.274. The van der Waals surface area contributed by atoms with Gasteiger partial charge in [0.2, 0.25) is 5.95 Å². The topological polar surface area (TPSA) is 79.4 Å². The maximum absolute atomic E-state index is 12.7. The Kier molecular flexibility index (Phi) is 9.46. The van der Waals surface area contributed by atoms with E-state index in [9.17, 15) is 18.0 Å². The van der Waals surface area contributed by atoms with Gasteiger partial charge in [-0.2, -0.15) is 4.98 Å². The summed E-state index contributed by atoms with van der Waals surface area (Å²) in [5.41, 5.74) is 0.716. The minimum atomic E-state index is -4.89. The van der Waals surface area contributed by atoms with Crippen LogP contribution in [0, 0.1) is 5.92 Å². The Labute approximate surface area is 227 Å². The quantitative estimate of drug-likeness (QED) is 0.336. The van der Waals surface area contributed by atoms with E-state index < -0.39 is 18.0 Å². The fourth-order valence-corrected chi connectivity index (χ4v) is 4.72. The number of halogens is 5. The van der Waals surface area contributed by atoms with E-state index in [1.807, 2.05) is 43.3 Å². The Morgan fingerprint density at radius 3 is 2.49 bits per heavy atom. The average molecular weight is 603 g/mol. The van der Waals surface area contributed by atoms with Gasteiger partial charge in [0, 0.05) is 36.5 Å². The Morgan fingerprint density at radius 1 is 1.11 bits per heavy atom. The lowest BCUT2D eigenvalue weighted by atomic mass is 9.86. The van der Waals surface area contributed by atoms with Crippen LogP contribution in [0.5, 0.6) is 5.75 Å². The molecule has 3 aromatic rings. The molecule has 1 aliphatic rings. The molecule has 1 aliphatic carbocycles. The van der Waals surface area contributed by atoms with E-state index in [4.69, 9.17) is 4.98 Å². The first kappa shape index (κ1) is 28.8. The van der Waals surface area contributed by atoms with Crippen LogP contribution >= 0.6 is 28.3 Å². The molecule has 7 nitrogen and oxygen atoms in total. The SMILES string of the molecule is CN(C)c1nc(NC2CCC(CNC(=O)c3ccc(Br)cc3OC(F)(F)F)CC2)nc2ccccc12.Cl. The summed E-state index contributed by atoms with van der Waals surface area (Å²) < 4.78 is 42.6. The zero-order valence-electron chi connectivity index (χ0n) is 20.3. The van der Waals surface area contributed by atoms with Gasteiger partial charge in [0.1, 0.15) is 11.6 Å². The Morgan fingerprint density at radius 2 is 1.81 bits per heavy atom. The normalized spacial score (nSPS) is 17.6. The minimum absolute atomic E-state index is 0. The summed E-state index contributed by atoms with van der Waals surface area (Å²) >= 11 is 3.11. The number of aromatic nitrogens is 2. The second-order valence-corrected chi connectivity index (χ2v) is 9.96. The molecule has 0 unspecified atom stereocenters. The van der Waals surface area contributed by atoms with E-state index in [0.29, 0.717) is 17.0 Å². The maximum Gasteiger partial charge on any atom is 0.573 e. The van der Waals surface area contributed by atoms with E-state index in [0.717, 1.165) is 48.5 Å². The first-order chi connectivity index (χ1) is 17.1. The molecule has 1 aromatic heterocycles. The van der Waals surface area contributed by atoms with Crippen LogP contribution in [0.4, 0.5) is 24.9 Å². The molecule has 0 saturated heterocycles. The molecule has 0 spiro atoms. The van der Waals surface area contributed by atoms with Crippen LogP contribution in [0.2, 0.25) is 0 Å². The number of hydrogen-bond acceptors (Lipinski definition) is 6. The van der Waals surface area contributed by atoms with Gasteiger partial charge in [-0.25, -0.2) is 4.98 Å². The van der Waals surface area contributed by atoms with Gasteiger partial charge in [0.25, 0.3) is 5.91 Å². The van der Waals surface area contributed by atoms with Crippen LogP contribution in [0.25, 0.3) is 10.9 Å². The van der Waals surface area contributed by atoms with E-state index in [1.165, 1.54) is 12.1 Å². The number of ether oxygens (including phenoxy) is 1. The Balaban J connectivity index is 0.00000380. The van der Waals surface area contributed by atoms with Gasteiger partial charge in [-0.05, 0) is 61.9 Å². The van der Waals surface area contributed by atoms with E-state index in [1.54, 1.807) is 0 Å². The molecule has 2 N–H and O–H groups in total. The number of rotatable bonds is 7. The highest BCUT2D eigenvalue weighted by Gasteiger charge is 2.33. The van der Waals surface area contributed by atoms with E-state index >= 15 is 0 Å². The molecule has 200 valence electrons. The van der Waals surface area contributed by atoms with Crippen LogP contribution in [0.1, 0.15) is 36.0 Å². The zero-order chi connectivity index (χ0) is 25.9. The van der Waals surface area contributed by atoms with Crippen molar-refractivity contribution in [3.8, 4) is 5.75 Å². The number of benzene rings is 2. The van der Waals surface area contributed by atoms with Gasteiger partial charge >= 0.3 is 6.36 Å². The first-order valence-corrected chi connectivity index (χ1v) is 12.4. The molecule has 0 bridgehead atoms. The number of para-hydroxylation sites is 1. The van der Waals surface area contributed by atoms with Crippen molar-refractivity contribution in [2.24, 2.45) is 5.92 Å².